The van der Waals surface area contributed by atoms with Crippen LogP contribution in [0.15, 0.2) is 36.4 Å². The lowest BCUT2D eigenvalue weighted by atomic mass is 9.74. The lowest BCUT2D eigenvalue weighted by Gasteiger charge is -2.41. The van der Waals surface area contributed by atoms with Gasteiger partial charge in [-0.2, -0.15) is 0 Å². The minimum atomic E-state index is -0.623. The minimum Gasteiger partial charge on any atom is -0.497 e. The summed E-state index contributed by atoms with van der Waals surface area (Å²) in [5.74, 6) is 0.344. The Kier molecular flexibility index (Phi) is 7.96. The first-order valence-corrected chi connectivity index (χ1v) is 12.7. The Bertz CT molecular complexity index is 1030. The van der Waals surface area contributed by atoms with Crippen molar-refractivity contribution in [2.45, 2.75) is 45.1 Å². The second-order valence-corrected chi connectivity index (χ2v) is 10.1. The molecule has 0 aromatic heterocycles. The number of methoxy groups -OCH3 is 1. The average Bonchev–Trinajstić information content (AvgIpc) is 2.89. The molecule has 0 saturated carbocycles. The molecule has 4 rings (SSSR count). The summed E-state index contributed by atoms with van der Waals surface area (Å²) in [6.07, 6.45) is 7.20. The molecule has 3 aliphatic heterocycles. The number of hydrogen-bond donors (Lipinski definition) is 2. The van der Waals surface area contributed by atoms with Gasteiger partial charge in [0.05, 0.1) is 19.1 Å². The summed E-state index contributed by atoms with van der Waals surface area (Å²) < 4.78 is 5.26. The molecule has 4 amide bonds. The van der Waals surface area contributed by atoms with Crippen molar-refractivity contribution in [2.75, 3.05) is 39.8 Å². The second-order valence-electron chi connectivity index (χ2n) is 10.1. The second kappa shape index (κ2) is 11.1. The third kappa shape index (κ3) is 5.71. The highest BCUT2D eigenvalue weighted by Gasteiger charge is 2.41. The minimum absolute atomic E-state index is 0.0183. The molecular weight excluding hydrogens is 460 g/mol. The SMILES string of the molecule is COc1cccc(C(=O)N2CC[C@H]3NC(=O)CNC(=O)C4(C/C=C/C[C@H]3C2)CCN(C(C)=O)CC4)c1. The molecule has 0 radical (unpaired) electrons. The van der Waals surface area contributed by atoms with Gasteiger partial charge in [0.2, 0.25) is 17.7 Å². The first-order valence-electron chi connectivity index (χ1n) is 12.7. The molecule has 2 atom stereocenters. The van der Waals surface area contributed by atoms with Gasteiger partial charge in [0, 0.05) is 50.6 Å². The highest BCUT2D eigenvalue weighted by molar-refractivity contribution is 5.94. The van der Waals surface area contributed by atoms with Gasteiger partial charge >= 0.3 is 0 Å². The fraction of sp³-hybridized carbons (Fsp3) is 0.556. The van der Waals surface area contributed by atoms with Gasteiger partial charge in [0.1, 0.15) is 5.75 Å². The first-order chi connectivity index (χ1) is 17.3. The summed E-state index contributed by atoms with van der Waals surface area (Å²) in [5, 5.41) is 5.93. The van der Waals surface area contributed by atoms with E-state index < -0.39 is 5.41 Å². The number of piperidine rings is 2. The number of carbonyl (C=O) groups excluding carboxylic acids is 4. The number of hydrogen-bond acceptors (Lipinski definition) is 5. The van der Waals surface area contributed by atoms with Crippen LogP contribution in [0.3, 0.4) is 0 Å². The number of amides is 4. The van der Waals surface area contributed by atoms with Crippen LogP contribution >= 0.6 is 0 Å². The van der Waals surface area contributed by atoms with Gasteiger partial charge in [-0.25, -0.2) is 0 Å². The van der Waals surface area contributed by atoms with E-state index in [4.69, 9.17) is 4.74 Å². The Labute approximate surface area is 212 Å². The predicted octanol–water partition coefficient (Wildman–Crippen LogP) is 1.74. The van der Waals surface area contributed by atoms with Gasteiger partial charge in [-0.1, -0.05) is 18.2 Å². The monoisotopic (exact) mass is 496 g/mol. The van der Waals surface area contributed by atoms with Gasteiger partial charge in [0.15, 0.2) is 0 Å². The van der Waals surface area contributed by atoms with E-state index in [1.165, 1.54) is 0 Å². The highest BCUT2D eigenvalue weighted by atomic mass is 16.5. The maximum atomic E-state index is 13.2. The number of benzene rings is 1. The normalized spacial score (nSPS) is 25.5. The van der Waals surface area contributed by atoms with Crippen molar-refractivity contribution in [3.63, 3.8) is 0 Å². The van der Waals surface area contributed by atoms with E-state index in [1.807, 2.05) is 17.0 Å². The molecular formula is C27H36N4O5. The molecule has 2 N–H and O–H groups in total. The van der Waals surface area contributed by atoms with Crippen molar-refractivity contribution in [3.8, 4) is 5.75 Å². The van der Waals surface area contributed by atoms with Gasteiger partial charge in [-0.3, -0.25) is 19.2 Å². The summed E-state index contributed by atoms with van der Waals surface area (Å²) in [6.45, 7) is 3.63. The summed E-state index contributed by atoms with van der Waals surface area (Å²) >= 11 is 0. The number of fused-ring (bicyclic) bond motifs is 1. The fourth-order valence-electron chi connectivity index (χ4n) is 5.54. The van der Waals surface area contributed by atoms with Crippen molar-refractivity contribution >= 4 is 23.6 Å². The summed E-state index contributed by atoms with van der Waals surface area (Å²) in [4.78, 5) is 54.4. The van der Waals surface area contributed by atoms with Crippen molar-refractivity contribution in [1.82, 2.24) is 20.4 Å². The van der Waals surface area contributed by atoms with Crippen LogP contribution in [-0.4, -0.2) is 79.3 Å². The Balaban J connectivity index is 1.47. The zero-order valence-corrected chi connectivity index (χ0v) is 21.1. The molecule has 1 aromatic carbocycles. The van der Waals surface area contributed by atoms with Crippen molar-refractivity contribution in [3.05, 3.63) is 42.0 Å². The van der Waals surface area contributed by atoms with Crippen LogP contribution in [0, 0.1) is 11.3 Å². The molecule has 3 aliphatic rings. The zero-order valence-electron chi connectivity index (χ0n) is 21.1. The van der Waals surface area contributed by atoms with E-state index in [1.54, 1.807) is 31.1 Å². The van der Waals surface area contributed by atoms with E-state index in [-0.39, 0.29) is 42.1 Å². The van der Waals surface area contributed by atoms with Crippen LogP contribution in [0.4, 0.5) is 0 Å². The highest BCUT2D eigenvalue weighted by Crippen LogP contribution is 2.36. The smallest absolute Gasteiger partial charge is 0.253 e. The van der Waals surface area contributed by atoms with Crippen LogP contribution < -0.4 is 15.4 Å². The number of nitrogens with zero attached hydrogens (tertiary/aromatic N) is 2. The van der Waals surface area contributed by atoms with E-state index in [0.717, 1.165) is 0 Å². The van der Waals surface area contributed by atoms with Gasteiger partial charge in [-0.05, 0) is 50.3 Å². The van der Waals surface area contributed by atoms with Crippen molar-refractivity contribution in [1.29, 1.82) is 0 Å². The van der Waals surface area contributed by atoms with Crippen molar-refractivity contribution in [2.24, 2.45) is 11.3 Å². The van der Waals surface area contributed by atoms with Gasteiger partial charge in [-0.15, -0.1) is 0 Å². The van der Waals surface area contributed by atoms with E-state index >= 15 is 0 Å². The van der Waals surface area contributed by atoms with Crippen LogP contribution in [0.5, 0.6) is 5.75 Å². The molecule has 36 heavy (non-hydrogen) atoms. The third-order valence-corrected chi connectivity index (χ3v) is 7.86. The number of allylic oxidation sites excluding steroid dienone is 2. The Hall–Kier alpha value is -3.36. The lowest BCUT2D eigenvalue weighted by molar-refractivity contribution is -0.140. The summed E-state index contributed by atoms with van der Waals surface area (Å²) in [6, 6.07) is 7.09. The summed E-state index contributed by atoms with van der Waals surface area (Å²) in [5.41, 5.74) is -0.0375. The quantitative estimate of drug-likeness (QED) is 0.607. The van der Waals surface area contributed by atoms with Crippen LogP contribution in [0.2, 0.25) is 0 Å². The molecule has 9 heteroatoms. The number of ether oxygens (including phenoxy) is 1. The standard InChI is InChI=1S/C27H36N4O5/c1-19(32)30-14-11-27(12-15-30)10-4-3-6-21-18-31(25(34)20-7-5-8-22(16-20)36-2)13-9-23(21)29-24(33)17-28-26(27)35/h3-5,7-8,16,21,23H,6,9-15,17-18H2,1-2H3,(H,28,35)(H,29,33)/b4-3+/t21-,23+/m0/s1. The molecule has 194 valence electrons. The topological polar surface area (TPSA) is 108 Å². The van der Waals surface area contributed by atoms with Crippen LogP contribution in [-0.2, 0) is 14.4 Å². The molecule has 0 aliphatic carbocycles. The molecule has 1 aromatic rings. The Morgan fingerprint density at radius 1 is 1.08 bits per heavy atom. The Morgan fingerprint density at radius 2 is 1.86 bits per heavy atom. The van der Waals surface area contributed by atoms with E-state index in [2.05, 4.69) is 22.8 Å². The average molecular weight is 497 g/mol. The maximum absolute atomic E-state index is 13.2. The Morgan fingerprint density at radius 3 is 2.58 bits per heavy atom. The number of rotatable bonds is 2. The molecule has 0 bridgehead atoms. The molecule has 0 unspecified atom stereocenters. The molecule has 2 fully saturated rings. The fourth-order valence-corrected chi connectivity index (χ4v) is 5.54. The molecule has 9 nitrogen and oxygen atoms in total. The van der Waals surface area contributed by atoms with Crippen molar-refractivity contribution < 1.29 is 23.9 Å². The van der Waals surface area contributed by atoms with E-state index in [9.17, 15) is 19.2 Å². The van der Waals surface area contributed by atoms with Gasteiger partial charge in [0.25, 0.3) is 5.91 Å². The number of carbonyl (C=O) groups is 4. The van der Waals surface area contributed by atoms with Crippen LogP contribution in [0.1, 0.15) is 49.4 Å². The zero-order chi connectivity index (χ0) is 25.7. The lowest BCUT2D eigenvalue weighted by Crippen LogP contribution is -2.55. The summed E-state index contributed by atoms with van der Waals surface area (Å²) in [7, 11) is 1.58. The van der Waals surface area contributed by atoms with Gasteiger partial charge < -0.3 is 25.2 Å². The third-order valence-electron chi connectivity index (χ3n) is 7.86. The predicted molar refractivity (Wildman–Crippen MR) is 134 cm³/mol. The van der Waals surface area contributed by atoms with Crippen LogP contribution in [0.25, 0.3) is 0 Å². The molecule has 2 saturated heterocycles. The maximum Gasteiger partial charge on any atom is 0.253 e. The number of nitrogens with one attached hydrogen (secondary N) is 2. The molecule has 1 spiro atoms. The largest absolute Gasteiger partial charge is 0.497 e. The number of likely N-dealkylation sites (tertiary alicyclic amines) is 2. The first kappa shape index (κ1) is 25.7. The molecule has 3 heterocycles. The van der Waals surface area contributed by atoms with E-state index in [0.29, 0.717) is 69.6 Å².